The number of hydrogen-bond acceptors (Lipinski definition) is 6. The van der Waals surface area contributed by atoms with Crippen molar-refractivity contribution in [2.45, 2.75) is 44.3 Å². The number of ether oxygens (including phenoxy) is 1. The molecular formula is C23H30Cl2N6O. The van der Waals surface area contributed by atoms with Crippen LogP contribution in [0, 0.1) is 5.92 Å². The van der Waals surface area contributed by atoms with Gasteiger partial charge in [-0.25, -0.2) is 4.68 Å². The second-order valence-corrected chi connectivity index (χ2v) is 8.27. The molecule has 2 heterocycles. The van der Waals surface area contributed by atoms with Crippen molar-refractivity contribution in [2.75, 3.05) is 13.2 Å². The first-order chi connectivity index (χ1) is 14.9. The van der Waals surface area contributed by atoms with E-state index in [0.29, 0.717) is 12.1 Å². The number of rotatable bonds is 8. The molecule has 3 aromatic rings. The molecule has 0 unspecified atom stereocenters. The lowest BCUT2D eigenvalue weighted by Crippen LogP contribution is -2.45. The summed E-state index contributed by atoms with van der Waals surface area (Å²) in [6.45, 7) is 2.60. The van der Waals surface area contributed by atoms with Gasteiger partial charge in [0.25, 0.3) is 0 Å². The molecule has 0 spiro atoms. The van der Waals surface area contributed by atoms with Crippen molar-refractivity contribution in [2.24, 2.45) is 5.92 Å². The van der Waals surface area contributed by atoms with Crippen molar-refractivity contribution in [1.29, 1.82) is 0 Å². The van der Waals surface area contributed by atoms with E-state index in [1.54, 1.807) is 11.0 Å². The highest BCUT2D eigenvalue weighted by Crippen LogP contribution is 2.31. The number of nitrogens with one attached hydrogen (secondary N) is 2. The summed E-state index contributed by atoms with van der Waals surface area (Å²) in [5.74, 6) is 1.67. The van der Waals surface area contributed by atoms with E-state index in [0.717, 1.165) is 49.0 Å². The number of tetrazole rings is 1. The van der Waals surface area contributed by atoms with Crippen LogP contribution in [0.4, 0.5) is 0 Å². The van der Waals surface area contributed by atoms with Gasteiger partial charge in [0.2, 0.25) is 0 Å². The van der Waals surface area contributed by atoms with Gasteiger partial charge >= 0.3 is 0 Å². The maximum atomic E-state index is 6.17. The molecule has 1 aromatic heterocycles. The maximum absolute atomic E-state index is 6.17. The summed E-state index contributed by atoms with van der Waals surface area (Å²) in [7, 11) is 0. The molecule has 2 atom stereocenters. The average molecular weight is 477 g/mol. The van der Waals surface area contributed by atoms with E-state index in [4.69, 9.17) is 4.74 Å². The Morgan fingerprint density at radius 2 is 1.91 bits per heavy atom. The molecule has 0 amide bonds. The van der Waals surface area contributed by atoms with Crippen molar-refractivity contribution in [3.8, 4) is 11.4 Å². The molecule has 2 aromatic carbocycles. The molecule has 0 bridgehead atoms. The van der Waals surface area contributed by atoms with Gasteiger partial charge in [0.1, 0.15) is 12.1 Å². The monoisotopic (exact) mass is 476 g/mol. The molecule has 1 aliphatic heterocycles. The van der Waals surface area contributed by atoms with Crippen LogP contribution in [0.15, 0.2) is 54.9 Å². The smallest absolute Gasteiger partial charge is 0.143 e. The highest BCUT2D eigenvalue weighted by Gasteiger charge is 2.26. The summed E-state index contributed by atoms with van der Waals surface area (Å²) in [5.41, 5.74) is 3.42. The zero-order valence-corrected chi connectivity index (χ0v) is 19.5. The number of hydrogen-bond donors (Lipinski definition) is 2. The predicted octanol–water partition coefficient (Wildman–Crippen LogP) is 3.88. The SMILES string of the molecule is Cl.Cl.c1ccc([C@@H]2NCCC[C@@H]2NCc2cc(-n3cnnn3)ccc2OCC2CC2)cc1. The van der Waals surface area contributed by atoms with Crippen LogP contribution in [0.1, 0.15) is 42.9 Å². The van der Waals surface area contributed by atoms with Gasteiger partial charge in [0.05, 0.1) is 12.3 Å². The van der Waals surface area contributed by atoms with Gasteiger partial charge in [-0.1, -0.05) is 30.3 Å². The van der Waals surface area contributed by atoms with Crippen molar-refractivity contribution in [3.63, 3.8) is 0 Å². The van der Waals surface area contributed by atoms with Gasteiger partial charge in [0, 0.05) is 24.2 Å². The predicted molar refractivity (Wildman–Crippen MR) is 129 cm³/mol. The Labute approximate surface area is 201 Å². The van der Waals surface area contributed by atoms with Gasteiger partial charge in [0.15, 0.2) is 0 Å². The topological polar surface area (TPSA) is 76.9 Å². The minimum absolute atomic E-state index is 0. The number of halogens is 2. The maximum Gasteiger partial charge on any atom is 0.143 e. The van der Waals surface area contributed by atoms with Crippen molar-refractivity contribution >= 4 is 24.8 Å². The van der Waals surface area contributed by atoms with Gasteiger partial charge in [-0.05, 0) is 72.3 Å². The van der Waals surface area contributed by atoms with Crippen LogP contribution in [-0.2, 0) is 6.54 Å². The molecule has 32 heavy (non-hydrogen) atoms. The summed E-state index contributed by atoms with van der Waals surface area (Å²) in [6, 6.07) is 17.6. The number of benzene rings is 2. The molecule has 1 saturated heterocycles. The van der Waals surface area contributed by atoms with Crippen LogP contribution < -0.4 is 15.4 Å². The Morgan fingerprint density at radius 3 is 2.66 bits per heavy atom. The summed E-state index contributed by atoms with van der Waals surface area (Å²) in [6.07, 6.45) is 6.51. The zero-order chi connectivity index (χ0) is 20.2. The molecule has 0 radical (unpaired) electrons. The standard InChI is InChI=1S/C23H28N6O.2ClH/c1-2-5-18(6-3-1)23-21(7-4-12-24-23)25-14-19-13-20(29-16-26-27-28-29)10-11-22(19)30-15-17-8-9-17;;/h1-3,5-6,10-11,13,16-17,21,23-25H,4,7-9,12,14-15H2;2*1H/t21-,23-;;/m0../s1. The minimum atomic E-state index is 0. The average Bonchev–Trinajstić information content (AvgIpc) is 3.47. The largest absolute Gasteiger partial charge is 0.493 e. The van der Waals surface area contributed by atoms with E-state index in [1.165, 1.54) is 24.8 Å². The van der Waals surface area contributed by atoms with E-state index >= 15 is 0 Å². The summed E-state index contributed by atoms with van der Waals surface area (Å²) >= 11 is 0. The molecular weight excluding hydrogens is 447 g/mol. The van der Waals surface area contributed by atoms with E-state index in [1.807, 2.05) is 12.1 Å². The summed E-state index contributed by atoms with van der Waals surface area (Å²) in [4.78, 5) is 0. The van der Waals surface area contributed by atoms with Crippen molar-refractivity contribution in [3.05, 3.63) is 66.0 Å². The van der Waals surface area contributed by atoms with Crippen molar-refractivity contribution < 1.29 is 4.74 Å². The second kappa shape index (κ2) is 11.6. The molecule has 1 saturated carbocycles. The molecule has 2 N–H and O–H groups in total. The van der Waals surface area contributed by atoms with E-state index in [-0.39, 0.29) is 24.8 Å². The fraction of sp³-hybridized carbons (Fsp3) is 0.435. The normalized spacial score (nSPS) is 20.1. The van der Waals surface area contributed by atoms with Gasteiger partial charge in [-0.2, -0.15) is 0 Å². The van der Waals surface area contributed by atoms with Crippen LogP contribution in [-0.4, -0.2) is 39.4 Å². The number of piperidine rings is 1. The van der Waals surface area contributed by atoms with Crippen LogP contribution >= 0.6 is 24.8 Å². The van der Waals surface area contributed by atoms with Crippen LogP contribution in [0.2, 0.25) is 0 Å². The Balaban J connectivity index is 0.00000144. The van der Waals surface area contributed by atoms with Crippen LogP contribution in [0.3, 0.4) is 0 Å². The van der Waals surface area contributed by atoms with Gasteiger partial charge < -0.3 is 15.4 Å². The van der Waals surface area contributed by atoms with E-state index in [2.05, 4.69) is 62.6 Å². The number of nitrogens with zero attached hydrogens (tertiary/aromatic N) is 4. The number of aromatic nitrogens is 4. The fourth-order valence-corrected chi connectivity index (χ4v) is 4.12. The fourth-order valence-electron chi connectivity index (χ4n) is 4.12. The van der Waals surface area contributed by atoms with Gasteiger partial charge in [-0.3, -0.25) is 0 Å². The molecule has 7 nitrogen and oxygen atoms in total. The summed E-state index contributed by atoms with van der Waals surface area (Å²) < 4.78 is 7.85. The Morgan fingerprint density at radius 1 is 1.06 bits per heavy atom. The third-order valence-electron chi connectivity index (χ3n) is 6.00. The first-order valence-corrected chi connectivity index (χ1v) is 10.9. The first-order valence-electron chi connectivity index (χ1n) is 10.9. The molecule has 2 fully saturated rings. The highest BCUT2D eigenvalue weighted by atomic mass is 35.5. The van der Waals surface area contributed by atoms with E-state index < -0.39 is 0 Å². The van der Waals surface area contributed by atoms with Crippen LogP contribution in [0.25, 0.3) is 5.69 Å². The van der Waals surface area contributed by atoms with Gasteiger partial charge in [-0.15, -0.1) is 29.9 Å². The molecule has 1 aliphatic carbocycles. The van der Waals surface area contributed by atoms with Crippen LogP contribution in [0.5, 0.6) is 5.75 Å². The third kappa shape index (κ3) is 5.98. The Kier molecular flexibility index (Phi) is 8.87. The summed E-state index contributed by atoms with van der Waals surface area (Å²) in [5, 5.41) is 19.0. The quantitative estimate of drug-likeness (QED) is 0.513. The molecule has 5 rings (SSSR count). The zero-order valence-electron chi connectivity index (χ0n) is 17.9. The van der Waals surface area contributed by atoms with Crippen molar-refractivity contribution in [1.82, 2.24) is 30.8 Å². The molecule has 2 aliphatic rings. The molecule has 9 heteroatoms. The Bertz CT molecular complexity index is 952. The Hall–Kier alpha value is -2.19. The lowest BCUT2D eigenvalue weighted by Gasteiger charge is -2.34. The second-order valence-electron chi connectivity index (χ2n) is 8.27. The third-order valence-corrected chi connectivity index (χ3v) is 6.00. The lowest BCUT2D eigenvalue weighted by molar-refractivity contribution is 0.287. The lowest BCUT2D eigenvalue weighted by atomic mass is 9.92. The highest BCUT2D eigenvalue weighted by molar-refractivity contribution is 5.85. The van der Waals surface area contributed by atoms with E-state index in [9.17, 15) is 0 Å². The minimum Gasteiger partial charge on any atom is -0.493 e. The first kappa shape index (κ1) is 24.5. The molecule has 172 valence electrons.